The van der Waals surface area contributed by atoms with Gasteiger partial charge in [0, 0.05) is 23.9 Å². The lowest BCUT2D eigenvalue weighted by molar-refractivity contribution is -0.139. The maximum Gasteiger partial charge on any atom is 0.469 e. The van der Waals surface area contributed by atoms with Gasteiger partial charge in [-0.25, -0.2) is 4.57 Å². The number of aryl methyl sites for hydroxylation is 1. The van der Waals surface area contributed by atoms with Gasteiger partial charge in [0.25, 0.3) is 0 Å². The zero-order valence-electron chi connectivity index (χ0n) is 14.6. The van der Waals surface area contributed by atoms with Crippen molar-refractivity contribution < 1.29 is 33.9 Å². The Bertz CT molecular complexity index is 839. The van der Waals surface area contributed by atoms with E-state index < -0.39 is 26.4 Å². The molecule has 0 aliphatic carbocycles. The van der Waals surface area contributed by atoms with E-state index in [0.717, 1.165) is 5.56 Å². The van der Waals surface area contributed by atoms with E-state index in [0.29, 0.717) is 5.69 Å². The van der Waals surface area contributed by atoms with Crippen LogP contribution in [0.15, 0.2) is 36.5 Å². The van der Waals surface area contributed by atoms with E-state index in [1.165, 1.54) is 6.20 Å². The molecule has 0 saturated carbocycles. The Labute approximate surface area is 155 Å². The highest BCUT2D eigenvalue weighted by Crippen LogP contribution is 2.38. The number of aromatic hydroxyl groups is 1. The molecule has 10 heteroatoms. The van der Waals surface area contributed by atoms with E-state index >= 15 is 0 Å². The summed E-state index contributed by atoms with van der Waals surface area (Å²) >= 11 is 0. The highest BCUT2D eigenvalue weighted by Gasteiger charge is 2.21. The molecule has 0 aliphatic heterocycles. The van der Waals surface area contributed by atoms with Gasteiger partial charge in [0.2, 0.25) is 0 Å². The highest BCUT2D eigenvalue weighted by molar-refractivity contribution is 7.46. The van der Waals surface area contributed by atoms with Crippen molar-refractivity contribution >= 4 is 13.8 Å². The fraction of sp³-hybridized carbons (Fsp3) is 0.294. The summed E-state index contributed by atoms with van der Waals surface area (Å²) in [6.07, 6.45) is 1.56. The van der Waals surface area contributed by atoms with Crippen molar-refractivity contribution in [3.8, 4) is 5.75 Å². The summed E-state index contributed by atoms with van der Waals surface area (Å²) in [6.45, 7) is 1.04. The molecule has 0 bridgehead atoms. The monoisotopic (exact) mass is 396 g/mol. The van der Waals surface area contributed by atoms with Crippen LogP contribution in [0, 0.1) is 6.92 Å². The molecule has 9 nitrogen and oxygen atoms in total. The molecule has 0 spiro atoms. The predicted molar refractivity (Wildman–Crippen MR) is 95.9 cm³/mol. The third kappa shape index (κ3) is 6.42. The quantitative estimate of drug-likeness (QED) is 0.397. The number of carboxylic acid groups (broad SMARTS) is 1. The minimum Gasteiger partial charge on any atom is -0.506 e. The number of hydrogen-bond acceptors (Lipinski definition) is 6. The molecule has 2 rings (SSSR count). The zero-order valence-corrected chi connectivity index (χ0v) is 15.5. The molecule has 0 radical (unpaired) electrons. The number of carbonyl (C=O) groups is 1. The minimum absolute atomic E-state index is 0.0428. The Balaban J connectivity index is 2.17. The lowest BCUT2D eigenvalue weighted by Crippen LogP contribution is -2.38. The molecule has 1 aromatic heterocycles. The Morgan fingerprint density at radius 1 is 1.30 bits per heavy atom. The molecule has 0 unspecified atom stereocenters. The number of phosphoric acid groups is 1. The van der Waals surface area contributed by atoms with Crippen LogP contribution in [0.3, 0.4) is 0 Å². The molecule has 0 aliphatic rings. The third-order valence-corrected chi connectivity index (χ3v) is 4.39. The van der Waals surface area contributed by atoms with Crippen LogP contribution < -0.4 is 5.32 Å². The SMILES string of the molecule is Cc1ncc(COP(=O)(O)O)c(CN[C@@H](Cc2ccccc2)C(=O)O)c1O. The molecule has 0 fully saturated rings. The van der Waals surface area contributed by atoms with Gasteiger partial charge in [-0.2, -0.15) is 0 Å². The van der Waals surface area contributed by atoms with Crippen LogP contribution in [0.25, 0.3) is 0 Å². The van der Waals surface area contributed by atoms with Gasteiger partial charge in [-0.05, 0) is 18.9 Å². The third-order valence-electron chi connectivity index (χ3n) is 3.92. The summed E-state index contributed by atoms with van der Waals surface area (Å²) in [5.41, 5.74) is 1.66. The second-order valence-electron chi connectivity index (χ2n) is 5.92. The zero-order chi connectivity index (χ0) is 20.0. The summed E-state index contributed by atoms with van der Waals surface area (Å²) in [7, 11) is -4.70. The number of rotatable bonds is 9. The van der Waals surface area contributed by atoms with Gasteiger partial charge in [-0.15, -0.1) is 0 Å². The molecule has 1 heterocycles. The number of nitrogens with zero attached hydrogens (tertiary/aromatic N) is 1. The van der Waals surface area contributed by atoms with Crippen LogP contribution in [-0.2, 0) is 33.5 Å². The summed E-state index contributed by atoms with van der Waals surface area (Å²) in [4.78, 5) is 33.2. The summed E-state index contributed by atoms with van der Waals surface area (Å²) < 4.78 is 15.4. The summed E-state index contributed by atoms with van der Waals surface area (Å²) in [5, 5.41) is 22.6. The van der Waals surface area contributed by atoms with Crippen LogP contribution in [-0.4, -0.2) is 37.0 Å². The molecule has 1 aromatic carbocycles. The highest BCUT2D eigenvalue weighted by atomic mass is 31.2. The number of phosphoric ester groups is 1. The lowest BCUT2D eigenvalue weighted by atomic mass is 10.0. The lowest BCUT2D eigenvalue weighted by Gasteiger charge is -2.18. The second kappa shape index (κ2) is 9.07. The number of hydrogen-bond donors (Lipinski definition) is 5. The summed E-state index contributed by atoms with van der Waals surface area (Å²) in [6, 6.07) is 8.15. The van der Waals surface area contributed by atoms with Gasteiger partial charge >= 0.3 is 13.8 Å². The Morgan fingerprint density at radius 3 is 2.56 bits per heavy atom. The number of aromatic nitrogens is 1. The van der Waals surface area contributed by atoms with E-state index in [1.54, 1.807) is 6.92 Å². The van der Waals surface area contributed by atoms with Gasteiger partial charge < -0.3 is 20.0 Å². The van der Waals surface area contributed by atoms with Crippen LogP contribution >= 0.6 is 7.82 Å². The van der Waals surface area contributed by atoms with Crippen molar-refractivity contribution in [3.63, 3.8) is 0 Å². The largest absolute Gasteiger partial charge is 0.506 e. The number of nitrogens with one attached hydrogen (secondary N) is 1. The number of benzene rings is 1. The standard InChI is InChI=1S/C17H21N2O7P/c1-11-16(20)14(13(8-18-11)10-26-27(23,24)25)9-19-15(17(21)22)7-12-5-3-2-4-6-12/h2-6,8,15,19-20H,7,9-10H2,1H3,(H,21,22)(H2,23,24,25)/t15-/m0/s1. The second-order valence-corrected chi connectivity index (χ2v) is 7.16. The van der Waals surface area contributed by atoms with E-state index in [1.807, 2.05) is 30.3 Å². The number of aliphatic carboxylic acids is 1. The van der Waals surface area contributed by atoms with E-state index in [4.69, 9.17) is 9.79 Å². The van der Waals surface area contributed by atoms with E-state index in [-0.39, 0.29) is 29.8 Å². The fourth-order valence-corrected chi connectivity index (χ4v) is 2.79. The van der Waals surface area contributed by atoms with E-state index in [2.05, 4.69) is 14.8 Å². The smallest absolute Gasteiger partial charge is 0.469 e. The van der Waals surface area contributed by atoms with Gasteiger partial charge in [0.15, 0.2) is 0 Å². The van der Waals surface area contributed by atoms with Gasteiger partial charge in [0.05, 0.1) is 12.3 Å². The average Bonchev–Trinajstić information content (AvgIpc) is 2.60. The first kappa shape index (κ1) is 21.0. The van der Waals surface area contributed by atoms with Gasteiger partial charge in [-0.1, -0.05) is 30.3 Å². The first-order valence-electron chi connectivity index (χ1n) is 8.04. The molecule has 2 aromatic rings. The van der Waals surface area contributed by atoms with Crippen LogP contribution in [0.4, 0.5) is 0 Å². The molecule has 1 atom stereocenters. The van der Waals surface area contributed by atoms with Crippen molar-refractivity contribution in [2.45, 2.75) is 32.5 Å². The van der Waals surface area contributed by atoms with Crippen LogP contribution in [0.2, 0.25) is 0 Å². The van der Waals surface area contributed by atoms with Crippen LogP contribution in [0.1, 0.15) is 22.4 Å². The molecular formula is C17H21N2O7P. The van der Waals surface area contributed by atoms with Crippen LogP contribution in [0.5, 0.6) is 5.75 Å². The van der Waals surface area contributed by atoms with Crippen molar-refractivity contribution in [3.05, 3.63) is 58.9 Å². The maximum absolute atomic E-state index is 11.6. The van der Waals surface area contributed by atoms with Gasteiger partial charge in [-0.3, -0.25) is 19.6 Å². The van der Waals surface area contributed by atoms with Crippen molar-refractivity contribution in [1.82, 2.24) is 10.3 Å². The Morgan fingerprint density at radius 2 is 1.96 bits per heavy atom. The molecule has 0 saturated heterocycles. The minimum atomic E-state index is -4.70. The Kier molecular flexibility index (Phi) is 7.06. The first-order valence-corrected chi connectivity index (χ1v) is 9.57. The average molecular weight is 396 g/mol. The molecule has 146 valence electrons. The number of carboxylic acids is 1. The maximum atomic E-state index is 11.6. The number of pyridine rings is 1. The summed E-state index contributed by atoms with van der Waals surface area (Å²) in [5.74, 6) is -1.24. The first-order chi connectivity index (χ1) is 12.7. The predicted octanol–water partition coefficient (Wildman–Crippen LogP) is 1.49. The normalized spacial score (nSPS) is 12.7. The molecule has 5 N–H and O–H groups in total. The van der Waals surface area contributed by atoms with Gasteiger partial charge in [0.1, 0.15) is 11.8 Å². The van der Waals surface area contributed by atoms with E-state index in [9.17, 15) is 19.6 Å². The molecular weight excluding hydrogens is 375 g/mol. The molecule has 27 heavy (non-hydrogen) atoms. The molecule has 0 amide bonds. The van der Waals surface area contributed by atoms with Crippen molar-refractivity contribution in [2.75, 3.05) is 0 Å². The van der Waals surface area contributed by atoms with Crippen molar-refractivity contribution in [1.29, 1.82) is 0 Å². The fourth-order valence-electron chi connectivity index (χ4n) is 2.48. The van der Waals surface area contributed by atoms with Crippen molar-refractivity contribution in [2.24, 2.45) is 0 Å². The Hall–Kier alpha value is -2.29. The topological polar surface area (TPSA) is 149 Å².